The molecule has 0 aliphatic heterocycles. The van der Waals surface area contributed by atoms with Crippen LogP contribution in [-0.4, -0.2) is 18.0 Å². The van der Waals surface area contributed by atoms with Crippen LogP contribution in [0, 0.1) is 23.1 Å². The predicted molar refractivity (Wildman–Crippen MR) is 128 cm³/mol. The number of rotatable bonds is 13. The maximum atomic E-state index is 14.6. The van der Waals surface area contributed by atoms with Crippen LogP contribution in [0.2, 0.25) is 0 Å². The number of ether oxygens (including phenoxy) is 1. The maximum absolute atomic E-state index is 14.6. The van der Waals surface area contributed by atoms with Crippen LogP contribution in [0.15, 0.2) is 12.1 Å². The van der Waals surface area contributed by atoms with Crippen molar-refractivity contribution in [1.82, 2.24) is 0 Å². The summed E-state index contributed by atoms with van der Waals surface area (Å²) in [6, 6.07) is 3.32. The van der Waals surface area contributed by atoms with Gasteiger partial charge in [-0.1, -0.05) is 65.9 Å². The molecule has 1 aromatic carbocycles. The van der Waals surface area contributed by atoms with E-state index in [1.165, 1.54) is 38.9 Å². The Labute approximate surface area is 189 Å². The Morgan fingerprint density at radius 1 is 1.07 bits per heavy atom. The summed E-state index contributed by atoms with van der Waals surface area (Å²) in [5, 5.41) is 12.3. The number of hydrogen-bond acceptors (Lipinski definition) is 3. The van der Waals surface area contributed by atoms with E-state index in [2.05, 4.69) is 40.3 Å². The lowest BCUT2D eigenvalue weighted by atomic mass is 9.65. The predicted octanol–water partition coefficient (Wildman–Crippen LogP) is 7.32. The van der Waals surface area contributed by atoms with E-state index >= 15 is 0 Å². The monoisotopic (exact) mass is 438 g/mol. The minimum atomic E-state index is -1.08. The van der Waals surface area contributed by atoms with E-state index in [1.54, 1.807) is 0 Å². The summed E-state index contributed by atoms with van der Waals surface area (Å²) < 4.78 is 20.1. The lowest BCUT2D eigenvalue weighted by Crippen LogP contribution is -2.45. The maximum Gasteiger partial charge on any atom is 0.165 e. The third kappa shape index (κ3) is 5.18. The summed E-state index contributed by atoms with van der Waals surface area (Å²) in [6.07, 6.45) is 10.8. The van der Waals surface area contributed by atoms with E-state index in [-0.39, 0.29) is 22.9 Å². The number of methoxy groups -OCH3 is 1. The van der Waals surface area contributed by atoms with Crippen LogP contribution in [0.4, 0.5) is 4.39 Å². The molecule has 2 nitrogen and oxygen atoms in total. The van der Waals surface area contributed by atoms with Crippen molar-refractivity contribution < 1.29 is 14.2 Å². The van der Waals surface area contributed by atoms with E-state index < -0.39 is 5.60 Å². The van der Waals surface area contributed by atoms with Crippen molar-refractivity contribution in [2.75, 3.05) is 12.9 Å². The number of aliphatic hydroxyl groups is 1. The van der Waals surface area contributed by atoms with Crippen LogP contribution >= 0.6 is 12.6 Å². The summed E-state index contributed by atoms with van der Waals surface area (Å²) in [7, 11) is 1.51. The van der Waals surface area contributed by atoms with E-state index in [9.17, 15) is 9.50 Å². The minimum Gasteiger partial charge on any atom is -0.493 e. The van der Waals surface area contributed by atoms with Crippen molar-refractivity contribution in [2.45, 2.75) is 97.5 Å². The highest BCUT2D eigenvalue weighted by Crippen LogP contribution is 2.59. The first-order valence-electron chi connectivity index (χ1n) is 12.0. The van der Waals surface area contributed by atoms with Crippen LogP contribution in [-0.2, 0) is 12.0 Å². The topological polar surface area (TPSA) is 29.5 Å². The number of thiol groups is 1. The quantitative estimate of drug-likeness (QED) is 0.316. The summed E-state index contributed by atoms with van der Waals surface area (Å²) in [4.78, 5) is 0. The molecule has 1 N–H and O–H groups in total. The Bertz CT molecular complexity index is 667. The molecule has 0 radical (unpaired) electrons. The second-order valence-electron chi connectivity index (χ2n) is 9.88. The molecule has 1 aliphatic carbocycles. The Morgan fingerprint density at radius 3 is 2.37 bits per heavy atom. The van der Waals surface area contributed by atoms with Crippen molar-refractivity contribution in [3.8, 4) is 5.75 Å². The number of unbranched alkanes of at least 4 members (excludes halogenated alkanes) is 1. The first-order valence-corrected chi connectivity index (χ1v) is 12.6. The summed E-state index contributed by atoms with van der Waals surface area (Å²) in [5.74, 6) is 1.56. The number of halogens is 1. The Morgan fingerprint density at radius 2 is 1.77 bits per heavy atom. The van der Waals surface area contributed by atoms with Crippen molar-refractivity contribution in [3.63, 3.8) is 0 Å². The molecule has 1 aromatic rings. The zero-order chi connectivity index (χ0) is 22.4. The third-order valence-corrected chi connectivity index (χ3v) is 7.65. The van der Waals surface area contributed by atoms with Gasteiger partial charge in [-0.2, -0.15) is 12.6 Å². The molecule has 0 saturated carbocycles. The lowest BCUT2D eigenvalue weighted by Gasteiger charge is -2.44. The average Bonchev–Trinajstić information content (AvgIpc) is 2.92. The van der Waals surface area contributed by atoms with Crippen LogP contribution in [0.5, 0.6) is 5.75 Å². The van der Waals surface area contributed by atoms with E-state index in [4.69, 9.17) is 4.74 Å². The highest BCUT2D eigenvalue weighted by Gasteiger charge is 2.57. The average molecular weight is 439 g/mol. The molecule has 0 amide bonds. The van der Waals surface area contributed by atoms with Crippen molar-refractivity contribution in [2.24, 2.45) is 17.3 Å². The molecule has 2 rings (SSSR count). The largest absolute Gasteiger partial charge is 0.493 e. The molecular formula is C26H43FO2S. The molecule has 0 spiro atoms. The van der Waals surface area contributed by atoms with Crippen molar-refractivity contribution in [3.05, 3.63) is 29.1 Å². The lowest BCUT2D eigenvalue weighted by molar-refractivity contribution is -0.115. The first-order chi connectivity index (χ1) is 14.3. The number of hydrogen-bond donors (Lipinski definition) is 2. The molecule has 0 aromatic heterocycles. The van der Waals surface area contributed by atoms with Gasteiger partial charge in [0.1, 0.15) is 5.60 Å². The van der Waals surface area contributed by atoms with Gasteiger partial charge in [0.2, 0.25) is 0 Å². The number of fused-ring (bicyclic) bond motifs is 1. The highest BCUT2D eigenvalue weighted by atomic mass is 32.1. The fraction of sp³-hybridized carbons (Fsp3) is 0.769. The number of benzene rings is 1. The third-order valence-electron chi connectivity index (χ3n) is 7.33. The first kappa shape index (κ1) is 25.5. The second kappa shape index (κ2) is 11.2. The Kier molecular flexibility index (Phi) is 9.55. The van der Waals surface area contributed by atoms with Gasteiger partial charge in [-0.15, -0.1) is 0 Å². The van der Waals surface area contributed by atoms with Gasteiger partial charge in [-0.05, 0) is 61.3 Å². The van der Waals surface area contributed by atoms with Crippen LogP contribution in [0.3, 0.4) is 0 Å². The molecule has 0 heterocycles. The molecule has 0 fully saturated rings. The van der Waals surface area contributed by atoms with Crippen molar-refractivity contribution >= 4 is 12.6 Å². The summed E-state index contributed by atoms with van der Waals surface area (Å²) in [5.41, 5.74) is 0.290. The van der Waals surface area contributed by atoms with Gasteiger partial charge in [0.25, 0.3) is 0 Å². The van der Waals surface area contributed by atoms with Gasteiger partial charge >= 0.3 is 0 Å². The minimum absolute atomic E-state index is 0.0922. The Balaban J connectivity index is 2.37. The molecule has 1 aliphatic rings. The van der Waals surface area contributed by atoms with Crippen LogP contribution in [0.1, 0.15) is 96.6 Å². The fourth-order valence-corrected chi connectivity index (χ4v) is 5.90. The van der Waals surface area contributed by atoms with E-state index in [0.29, 0.717) is 11.5 Å². The van der Waals surface area contributed by atoms with Gasteiger partial charge in [-0.3, -0.25) is 0 Å². The molecule has 3 atom stereocenters. The summed E-state index contributed by atoms with van der Waals surface area (Å²) in [6.45, 7) is 8.68. The van der Waals surface area contributed by atoms with E-state index in [1.807, 2.05) is 6.07 Å². The standard InChI is InChI=1S/C26H43FO2S/c1-6-8-11-19(12-9-17-30)13-15-21(10-7-2)26(28)23-20(18-25(26,3)4)14-16-22(27)24(23)29-5/h14,16,19,21,28,30H,6-13,15,17-18H2,1-5H3. The SMILES string of the molecule is CCCCC(CCCS)CCC(CCC)C1(O)c2c(ccc(F)c2OC)CC1(C)C. The molecule has 0 bridgehead atoms. The van der Waals surface area contributed by atoms with Crippen molar-refractivity contribution in [1.29, 1.82) is 0 Å². The zero-order valence-corrected chi connectivity index (χ0v) is 20.7. The highest BCUT2D eigenvalue weighted by molar-refractivity contribution is 7.80. The second-order valence-corrected chi connectivity index (χ2v) is 10.3. The fourth-order valence-electron chi connectivity index (χ4n) is 5.72. The molecular weight excluding hydrogens is 395 g/mol. The Hall–Kier alpha value is -0.740. The molecule has 3 unspecified atom stereocenters. The molecule has 172 valence electrons. The smallest absolute Gasteiger partial charge is 0.165 e. The van der Waals surface area contributed by atoms with Gasteiger partial charge < -0.3 is 9.84 Å². The van der Waals surface area contributed by atoms with Crippen LogP contribution in [0.25, 0.3) is 0 Å². The van der Waals surface area contributed by atoms with Gasteiger partial charge in [0, 0.05) is 11.0 Å². The van der Waals surface area contributed by atoms with Gasteiger partial charge in [-0.25, -0.2) is 4.39 Å². The van der Waals surface area contributed by atoms with Gasteiger partial charge in [0.15, 0.2) is 11.6 Å². The summed E-state index contributed by atoms with van der Waals surface area (Å²) >= 11 is 4.41. The molecule has 0 saturated heterocycles. The zero-order valence-electron chi connectivity index (χ0n) is 19.8. The molecule has 30 heavy (non-hydrogen) atoms. The van der Waals surface area contributed by atoms with Gasteiger partial charge in [0.05, 0.1) is 7.11 Å². The van der Waals surface area contributed by atoms with E-state index in [0.717, 1.165) is 49.8 Å². The normalized spacial score (nSPS) is 22.0. The molecule has 4 heteroatoms. The van der Waals surface area contributed by atoms with Crippen LogP contribution < -0.4 is 4.74 Å².